The van der Waals surface area contributed by atoms with Crippen LogP contribution >= 0.6 is 11.3 Å². The van der Waals surface area contributed by atoms with E-state index < -0.39 is 5.97 Å². The van der Waals surface area contributed by atoms with Crippen molar-refractivity contribution in [1.82, 2.24) is 9.97 Å². The molecule has 0 unspecified atom stereocenters. The summed E-state index contributed by atoms with van der Waals surface area (Å²) in [6.07, 6.45) is 9.17. The predicted octanol–water partition coefficient (Wildman–Crippen LogP) is 6.68. The highest BCUT2D eigenvalue weighted by Crippen LogP contribution is 2.37. The summed E-state index contributed by atoms with van der Waals surface area (Å²) >= 11 is 1.65. The Hall–Kier alpha value is -2.67. The number of aromatic nitrogens is 2. The summed E-state index contributed by atoms with van der Waals surface area (Å²) in [6, 6.07) is 8.11. The molecule has 2 heterocycles. The first kappa shape index (κ1) is 24.0. The second-order valence-corrected chi connectivity index (χ2v) is 8.93. The smallest absolute Gasteiger partial charge is 0.303 e. The number of carboxylic acid groups (broad SMARTS) is 1. The van der Waals surface area contributed by atoms with Gasteiger partial charge in [-0.25, -0.2) is 9.97 Å². The van der Waals surface area contributed by atoms with E-state index in [2.05, 4.69) is 27.8 Å². The van der Waals surface area contributed by atoms with Gasteiger partial charge in [-0.15, -0.1) is 11.3 Å². The number of aryl methyl sites for hydroxylation is 1. The first-order valence-electron chi connectivity index (χ1n) is 11.4. The van der Waals surface area contributed by atoms with Crippen LogP contribution in [0.4, 0.5) is 5.82 Å². The maximum absolute atomic E-state index is 10.5. The molecule has 0 aliphatic rings. The zero-order chi connectivity index (χ0) is 22.8. The minimum atomic E-state index is -0.688. The molecule has 0 fully saturated rings. The molecule has 0 radical (unpaired) electrons. The molecule has 32 heavy (non-hydrogen) atoms. The van der Waals surface area contributed by atoms with Crippen LogP contribution in [-0.2, 0) is 4.79 Å². The van der Waals surface area contributed by atoms with E-state index in [4.69, 9.17) is 14.8 Å². The van der Waals surface area contributed by atoms with E-state index in [9.17, 15) is 4.79 Å². The Morgan fingerprint density at radius 1 is 1.00 bits per heavy atom. The highest BCUT2D eigenvalue weighted by atomic mass is 32.1. The minimum Gasteiger partial charge on any atom is -0.497 e. The number of hydrogen-bond acceptors (Lipinski definition) is 6. The normalized spacial score (nSPS) is 11.1. The van der Waals surface area contributed by atoms with Crippen LogP contribution in [0.15, 0.2) is 29.6 Å². The van der Waals surface area contributed by atoms with Gasteiger partial charge >= 0.3 is 5.97 Å². The van der Waals surface area contributed by atoms with E-state index in [0.717, 1.165) is 71.0 Å². The van der Waals surface area contributed by atoms with Crippen molar-refractivity contribution in [1.29, 1.82) is 0 Å². The summed E-state index contributed by atoms with van der Waals surface area (Å²) in [6.45, 7) is 2.83. The number of methoxy groups -OCH3 is 1. The topological polar surface area (TPSA) is 84.3 Å². The van der Waals surface area contributed by atoms with E-state index >= 15 is 0 Å². The third kappa shape index (κ3) is 6.92. The van der Waals surface area contributed by atoms with Crippen molar-refractivity contribution in [2.24, 2.45) is 0 Å². The lowest BCUT2D eigenvalue weighted by Gasteiger charge is -2.10. The molecular weight excluding hydrogens is 422 g/mol. The van der Waals surface area contributed by atoms with Crippen LogP contribution < -0.4 is 10.1 Å². The summed E-state index contributed by atoms with van der Waals surface area (Å²) < 4.78 is 5.28. The van der Waals surface area contributed by atoms with Crippen molar-refractivity contribution in [2.45, 2.75) is 64.7 Å². The molecule has 3 rings (SSSR count). The van der Waals surface area contributed by atoms with Gasteiger partial charge < -0.3 is 15.2 Å². The van der Waals surface area contributed by atoms with Crippen LogP contribution in [0.1, 0.15) is 63.6 Å². The van der Waals surface area contributed by atoms with Crippen molar-refractivity contribution >= 4 is 33.3 Å². The molecule has 0 saturated heterocycles. The van der Waals surface area contributed by atoms with Crippen molar-refractivity contribution in [3.05, 3.63) is 35.5 Å². The molecule has 7 heteroatoms. The van der Waals surface area contributed by atoms with Gasteiger partial charge in [-0.2, -0.15) is 0 Å². The molecule has 0 saturated carbocycles. The second-order valence-electron chi connectivity index (χ2n) is 8.08. The van der Waals surface area contributed by atoms with Crippen molar-refractivity contribution < 1.29 is 14.6 Å². The number of thiophene rings is 1. The number of ether oxygens (including phenoxy) is 1. The van der Waals surface area contributed by atoms with Gasteiger partial charge in [0.25, 0.3) is 0 Å². The third-order valence-electron chi connectivity index (χ3n) is 5.56. The van der Waals surface area contributed by atoms with E-state index in [0.29, 0.717) is 6.42 Å². The highest BCUT2D eigenvalue weighted by Gasteiger charge is 2.14. The number of unbranched alkanes of at least 4 members (excludes halogenated alkanes) is 7. The summed E-state index contributed by atoms with van der Waals surface area (Å²) in [5, 5.41) is 15.5. The van der Waals surface area contributed by atoms with Crippen molar-refractivity contribution in [3.63, 3.8) is 0 Å². The molecule has 2 N–H and O–H groups in total. The lowest BCUT2D eigenvalue weighted by atomic mass is 10.1. The van der Waals surface area contributed by atoms with E-state index in [1.54, 1.807) is 18.4 Å². The van der Waals surface area contributed by atoms with E-state index in [1.165, 1.54) is 25.7 Å². The maximum atomic E-state index is 10.5. The first-order chi connectivity index (χ1) is 15.6. The molecule has 3 aromatic rings. The zero-order valence-electron chi connectivity index (χ0n) is 19.0. The van der Waals surface area contributed by atoms with Crippen LogP contribution in [0, 0.1) is 6.92 Å². The summed E-state index contributed by atoms with van der Waals surface area (Å²) in [5.41, 5.74) is 2.29. The Balaban J connectivity index is 1.49. The average Bonchev–Trinajstić information content (AvgIpc) is 3.21. The molecular formula is C25H33N3O3S. The number of fused-ring (bicyclic) bond motifs is 1. The van der Waals surface area contributed by atoms with Crippen LogP contribution in [0.5, 0.6) is 5.75 Å². The molecule has 0 aliphatic heterocycles. The van der Waals surface area contributed by atoms with Gasteiger partial charge in [-0.1, -0.05) is 50.7 Å². The van der Waals surface area contributed by atoms with Gasteiger partial charge in [-0.05, 0) is 37.5 Å². The second kappa shape index (κ2) is 12.4. The number of nitrogens with zero attached hydrogens (tertiary/aromatic N) is 2. The molecule has 6 nitrogen and oxygen atoms in total. The number of rotatable bonds is 14. The lowest BCUT2D eigenvalue weighted by molar-refractivity contribution is -0.137. The quantitative estimate of drug-likeness (QED) is 0.264. The Morgan fingerprint density at radius 3 is 2.31 bits per heavy atom. The fraction of sp³-hybridized carbons (Fsp3) is 0.480. The van der Waals surface area contributed by atoms with Crippen LogP contribution in [0.25, 0.3) is 21.3 Å². The van der Waals surface area contributed by atoms with Crippen LogP contribution in [-0.4, -0.2) is 34.7 Å². The van der Waals surface area contributed by atoms with E-state index in [-0.39, 0.29) is 0 Å². The lowest BCUT2D eigenvalue weighted by Crippen LogP contribution is -2.05. The molecule has 0 amide bonds. The predicted molar refractivity (Wildman–Crippen MR) is 132 cm³/mol. The number of carbonyl (C=O) groups is 1. The molecule has 2 aromatic heterocycles. The molecule has 1 aromatic carbocycles. The van der Waals surface area contributed by atoms with Crippen molar-refractivity contribution in [2.75, 3.05) is 19.0 Å². The molecule has 0 atom stereocenters. The van der Waals surface area contributed by atoms with Gasteiger partial charge in [0.2, 0.25) is 0 Å². The molecule has 172 valence electrons. The first-order valence-corrected chi connectivity index (χ1v) is 12.3. The van der Waals surface area contributed by atoms with Crippen LogP contribution in [0.2, 0.25) is 0 Å². The molecule has 0 aliphatic carbocycles. The monoisotopic (exact) mass is 455 g/mol. The van der Waals surface area contributed by atoms with Crippen LogP contribution in [0.3, 0.4) is 0 Å². The summed E-state index contributed by atoms with van der Waals surface area (Å²) in [7, 11) is 1.68. The summed E-state index contributed by atoms with van der Waals surface area (Å²) in [5.74, 6) is 1.86. The Kier molecular flexibility index (Phi) is 9.28. The number of nitrogens with one attached hydrogen (secondary N) is 1. The zero-order valence-corrected chi connectivity index (χ0v) is 19.8. The van der Waals surface area contributed by atoms with Gasteiger partial charge in [0.15, 0.2) is 0 Å². The third-order valence-corrected chi connectivity index (χ3v) is 6.43. The maximum Gasteiger partial charge on any atom is 0.303 e. The average molecular weight is 456 g/mol. The highest BCUT2D eigenvalue weighted by molar-refractivity contribution is 7.17. The Bertz CT molecular complexity index is 1000. The fourth-order valence-electron chi connectivity index (χ4n) is 3.83. The number of benzene rings is 1. The van der Waals surface area contributed by atoms with Gasteiger partial charge in [0.05, 0.1) is 12.5 Å². The largest absolute Gasteiger partial charge is 0.497 e. The molecule has 0 spiro atoms. The van der Waals surface area contributed by atoms with Gasteiger partial charge in [-0.3, -0.25) is 4.79 Å². The number of anilines is 1. The van der Waals surface area contributed by atoms with Crippen molar-refractivity contribution in [3.8, 4) is 16.9 Å². The van der Waals surface area contributed by atoms with E-state index in [1.807, 2.05) is 19.1 Å². The Labute approximate surface area is 194 Å². The fourth-order valence-corrected chi connectivity index (χ4v) is 4.82. The SMILES string of the molecule is COc1ccc(-c2csc3nc(C)nc(NCCCCCCCCCCC(=O)O)c23)cc1. The Morgan fingerprint density at radius 2 is 1.66 bits per heavy atom. The number of carboxylic acids is 1. The summed E-state index contributed by atoms with van der Waals surface area (Å²) in [4.78, 5) is 20.9. The standard InChI is InChI=1S/C25H33N3O3S/c1-18-27-24(26-16-10-8-6-4-3-5-7-9-11-22(29)30)23-21(17-32-25(23)28-18)19-12-14-20(31-2)15-13-19/h12-15,17H,3-11,16H2,1-2H3,(H,29,30)(H,26,27,28). The van der Waals surface area contributed by atoms with Gasteiger partial charge in [0.1, 0.15) is 22.2 Å². The molecule has 0 bridgehead atoms. The minimum absolute atomic E-state index is 0.297. The van der Waals surface area contributed by atoms with Gasteiger partial charge in [0, 0.05) is 23.9 Å². The number of hydrogen-bond donors (Lipinski definition) is 2. The number of aliphatic carboxylic acids is 1.